The summed E-state index contributed by atoms with van der Waals surface area (Å²) in [6.45, 7) is 4.94. The fraction of sp³-hybridized carbons (Fsp3) is 0.364. The number of carbonyl (C=O) groups is 1. The Labute approximate surface area is 100 Å². The first-order chi connectivity index (χ1) is 7.74. The molecule has 1 aliphatic heterocycles. The molecule has 0 saturated carbocycles. The lowest BCUT2D eigenvalue weighted by atomic mass is 9.78. The van der Waals surface area contributed by atoms with Gasteiger partial charge < -0.3 is 20.5 Å². The van der Waals surface area contributed by atoms with Gasteiger partial charge in [0.1, 0.15) is 0 Å². The van der Waals surface area contributed by atoms with Crippen molar-refractivity contribution in [3.63, 3.8) is 0 Å². The Morgan fingerprint density at radius 3 is 2.53 bits per heavy atom. The number of hydrogen-bond donors (Lipinski definition) is 3. The van der Waals surface area contributed by atoms with E-state index in [9.17, 15) is 5.02 Å². The number of aliphatic carboxylic acids is 1. The lowest BCUT2D eigenvalue weighted by molar-refractivity contribution is -0.134. The number of fused-ring (bicyclic) bond motifs is 1. The molecule has 0 aromatic heterocycles. The summed E-state index contributed by atoms with van der Waals surface area (Å²) in [5.74, 6) is -0.833. The Bertz CT molecular complexity index is 429. The van der Waals surface area contributed by atoms with Crippen LogP contribution in [-0.2, 0) is 15.0 Å². The molecule has 0 spiro atoms. The molecular weight excluding hydrogens is 221 g/mol. The van der Waals surface area contributed by atoms with Crippen LogP contribution < -0.4 is 11.2 Å². The highest BCUT2D eigenvalue weighted by atomic mass is 16.5. The normalized spacial score (nSPS) is 15.9. The van der Waals surface area contributed by atoms with Crippen molar-refractivity contribution in [1.82, 2.24) is 0 Å². The predicted molar refractivity (Wildman–Crippen MR) is 65.9 cm³/mol. The van der Waals surface area contributed by atoms with Crippen LogP contribution in [0.1, 0.15) is 26.3 Å². The van der Waals surface area contributed by atoms with Gasteiger partial charge in [-0.25, -0.2) is 0 Å². The van der Waals surface area contributed by atoms with Crippen molar-refractivity contribution < 1.29 is 19.6 Å². The molecular formula is C11H16BNO4. The number of nitrogen functional groups attached to an aromatic ring is 1. The van der Waals surface area contributed by atoms with Crippen LogP contribution in [-0.4, -0.2) is 23.2 Å². The maximum atomic E-state index is 9.56. The third kappa shape index (κ3) is 3.21. The quantitative estimate of drug-likeness (QED) is 0.446. The summed E-state index contributed by atoms with van der Waals surface area (Å²) in [5, 5.41) is 17.0. The number of hydrogen-bond acceptors (Lipinski definition) is 4. The SMILES string of the molecule is CC(=O)O.CC1(C)OB(O)c2cc(N)ccc21. The van der Waals surface area contributed by atoms with E-state index in [0.29, 0.717) is 5.69 Å². The number of rotatable bonds is 0. The first kappa shape index (κ1) is 13.5. The van der Waals surface area contributed by atoms with E-state index in [2.05, 4.69) is 0 Å². The standard InChI is InChI=1S/C9H12BNO2.C2H4O2/c1-9(2)7-4-3-6(11)5-8(7)10(12)13-9;1-2(3)4/h3-5,12H,11H2,1-2H3;1H3,(H,3,4). The van der Waals surface area contributed by atoms with Gasteiger partial charge in [-0.3, -0.25) is 4.79 Å². The minimum absolute atomic E-state index is 0.414. The number of carboxylic acids is 1. The number of nitrogens with two attached hydrogens (primary N) is 1. The van der Waals surface area contributed by atoms with Crippen molar-refractivity contribution in [3.05, 3.63) is 23.8 Å². The third-order valence-corrected chi connectivity index (χ3v) is 2.40. The van der Waals surface area contributed by atoms with Gasteiger partial charge in [0, 0.05) is 12.6 Å². The highest BCUT2D eigenvalue weighted by Crippen LogP contribution is 2.29. The fourth-order valence-electron chi connectivity index (χ4n) is 1.74. The molecule has 0 amide bonds. The second-order valence-corrected chi connectivity index (χ2v) is 4.35. The molecule has 0 saturated heterocycles. The Hall–Kier alpha value is -1.53. The molecule has 17 heavy (non-hydrogen) atoms. The molecule has 0 radical (unpaired) electrons. The van der Waals surface area contributed by atoms with Gasteiger partial charge in [-0.15, -0.1) is 0 Å². The number of benzene rings is 1. The average molecular weight is 237 g/mol. The number of anilines is 1. The molecule has 1 aromatic rings. The molecule has 5 nitrogen and oxygen atoms in total. The Morgan fingerprint density at radius 1 is 1.47 bits per heavy atom. The molecule has 4 N–H and O–H groups in total. The summed E-state index contributed by atoms with van der Waals surface area (Å²) >= 11 is 0. The van der Waals surface area contributed by atoms with E-state index in [1.54, 1.807) is 6.07 Å². The lowest BCUT2D eigenvalue weighted by Gasteiger charge is -2.19. The Kier molecular flexibility index (Phi) is 3.80. The highest BCUT2D eigenvalue weighted by molar-refractivity contribution is 6.62. The largest absolute Gasteiger partial charge is 0.492 e. The van der Waals surface area contributed by atoms with E-state index in [4.69, 9.17) is 20.3 Å². The Balaban J connectivity index is 0.000000317. The minimum Gasteiger partial charge on any atom is -0.481 e. The van der Waals surface area contributed by atoms with E-state index in [1.807, 2.05) is 26.0 Å². The molecule has 2 rings (SSSR count). The molecule has 0 aliphatic carbocycles. The van der Waals surface area contributed by atoms with Gasteiger partial charge in [0.05, 0.1) is 5.60 Å². The molecule has 1 aliphatic rings. The van der Waals surface area contributed by atoms with Crippen LogP contribution in [0.15, 0.2) is 18.2 Å². The van der Waals surface area contributed by atoms with Gasteiger partial charge >= 0.3 is 7.12 Å². The zero-order chi connectivity index (χ0) is 13.2. The van der Waals surface area contributed by atoms with Gasteiger partial charge in [0.15, 0.2) is 0 Å². The van der Waals surface area contributed by atoms with Crippen LogP contribution in [0.2, 0.25) is 0 Å². The van der Waals surface area contributed by atoms with Crippen molar-refractivity contribution in [2.45, 2.75) is 26.4 Å². The minimum atomic E-state index is -0.839. The van der Waals surface area contributed by atoms with E-state index in [-0.39, 0.29) is 0 Å². The lowest BCUT2D eigenvalue weighted by Crippen LogP contribution is -2.28. The molecule has 0 unspecified atom stereocenters. The molecule has 6 heteroatoms. The summed E-state index contributed by atoms with van der Waals surface area (Å²) in [6.07, 6.45) is 0. The molecule has 0 fully saturated rings. The summed E-state index contributed by atoms with van der Waals surface area (Å²) < 4.78 is 5.37. The maximum Gasteiger partial charge on any atom is 0.492 e. The van der Waals surface area contributed by atoms with Gasteiger partial charge in [0.2, 0.25) is 0 Å². The van der Waals surface area contributed by atoms with Gasteiger partial charge in [-0.1, -0.05) is 6.07 Å². The van der Waals surface area contributed by atoms with Crippen LogP contribution in [0.25, 0.3) is 0 Å². The van der Waals surface area contributed by atoms with Gasteiger partial charge in [0.25, 0.3) is 5.97 Å². The van der Waals surface area contributed by atoms with Crippen LogP contribution in [0.4, 0.5) is 5.69 Å². The van der Waals surface area contributed by atoms with E-state index in [1.165, 1.54) is 0 Å². The predicted octanol–water partition coefficient (Wildman–Crippen LogP) is 0.313. The van der Waals surface area contributed by atoms with Gasteiger partial charge in [-0.05, 0) is 37.0 Å². The van der Waals surface area contributed by atoms with Gasteiger partial charge in [-0.2, -0.15) is 0 Å². The smallest absolute Gasteiger partial charge is 0.481 e. The molecule has 0 atom stereocenters. The summed E-state index contributed by atoms with van der Waals surface area (Å²) in [5.41, 5.74) is 7.64. The maximum absolute atomic E-state index is 9.56. The van der Waals surface area contributed by atoms with Crippen LogP contribution in [0.3, 0.4) is 0 Å². The highest BCUT2D eigenvalue weighted by Gasteiger charge is 2.40. The van der Waals surface area contributed by atoms with Crippen LogP contribution in [0.5, 0.6) is 0 Å². The molecule has 1 aromatic carbocycles. The van der Waals surface area contributed by atoms with E-state index < -0.39 is 18.7 Å². The molecule has 1 heterocycles. The first-order valence-corrected chi connectivity index (χ1v) is 5.19. The monoisotopic (exact) mass is 237 g/mol. The molecule has 92 valence electrons. The van der Waals surface area contributed by atoms with E-state index >= 15 is 0 Å². The Morgan fingerprint density at radius 2 is 2.00 bits per heavy atom. The summed E-state index contributed by atoms with van der Waals surface area (Å²) in [6, 6.07) is 5.48. The van der Waals surface area contributed by atoms with Crippen molar-refractivity contribution >= 4 is 24.2 Å². The fourth-order valence-corrected chi connectivity index (χ4v) is 1.74. The van der Waals surface area contributed by atoms with Crippen molar-refractivity contribution in [3.8, 4) is 0 Å². The average Bonchev–Trinajstić information content (AvgIpc) is 2.36. The van der Waals surface area contributed by atoms with Crippen molar-refractivity contribution in [1.29, 1.82) is 0 Å². The zero-order valence-electron chi connectivity index (χ0n) is 10.1. The van der Waals surface area contributed by atoms with Crippen LogP contribution >= 0.6 is 0 Å². The van der Waals surface area contributed by atoms with Crippen molar-refractivity contribution in [2.75, 3.05) is 5.73 Å². The zero-order valence-corrected chi connectivity index (χ0v) is 10.1. The second-order valence-electron chi connectivity index (χ2n) is 4.35. The van der Waals surface area contributed by atoms with E-state index in [0.717, 1.165) is 17.9 Å². The summed E-state index contributed by atoms with van der Waals surface area (Å²) in [4.78, 5) is 9.00. The third-order valence-electron chi connectivity index (χ3n) is 2.40. The topological polar surface area (TPSA) is 92.8 Å². The number of carboxylic acid groups (broad SMARTS) is 1. The second kappa shape index (κ2) is 4.77. The van der Waals surface area contributed by atoms with Crippen molar-refractivity contribution in [2.24, 2.45) is 0 Å². The summed E-state index contributed by atoms with van der Waals surface area (Å²) in [7, 11) is -0.839. The molecule has 0 bridgehead atoms. The van der Waals surface area contributed by atoms with Crippen LogP contribution in [0, 0.1) is 0 Å². The first-order valence-electron chi connectivity index (χ1n) is 5.19.